The van der Waals surface area contributed by atoms with E-state index in [9.17, 15) is 0 Å². The van der Waals surface area contributed by atoms with E-state index >= 15 is 0 Å². The van der Waals surface area contributed by atoms with Crippen molar-refractivity contribution >= 4 is 51.5 Å². The topological polar surface area (TPSA) is 6.48 Å². The van der Waals surface area contributed by atoms with Gasteiger partial charge < -0.3 is 9.80 Å². The number of anilines is 5. The molecule has 2 aliphatic heterocycles. The predicted molar refractivity (Wildman–Crippen MR) is 252 cm³/mol. The molecule has 58 heavy (non-hydrogen) atoms. The third-order valence-corrected chi connectivity index (χ3v) is 13.3. The van der Waals surface area contributed by atoms with Crippen molar-refractivity contribution in [2.24, 2.45) is 17.3 Å². The number of rotatable bonds is 4. The van der Waals surface area contributed by atoms with Crippen LogP contribution in [0.5, 0.6) is 0 Å². The van der Waals surface area contributed by atoms with E-state index < -0.39 is 0 Å². The van der Waals surface area contributed by atoms with Crippen LogP contribution < -0.4 is 26.2 Å². The van der Waals surface area contributed by atoms with Crippen LogP contribution in [0.15, 0.2) is 145 Å². The molecule has 0 amide bonds. The second kappa shape index (κ2) is 13.7. The first-order valence-electron chi connectivity index (χ1n) is 21.5. The number of benzene rings is 5. The molecule has 0 saturated heterocycles. The molecule has 2 atom stereocenters. The van der Waals surface area contributed by atoms with E-state index in [0.29, 0.717) is 5.92 Å². The van der Waals surface area contributed by atoms with Crippen LogP contribution in [0.25, 0.3) is 11.1 Å². The lowest BCUT2D eigenvalue weighted by Gasteiger charge is -2.47. The summed E-state index contributed by atoms with van der Waals surface area (Å²) in [6.07, 6.45) is 15.5. The Labute approximate surface area is 348 Å². The standard InChI is InChI=1S/C55H59BN2/c1-35-23-26-47(42(30-35)43-21-16-17-29-55(43,10)11)58-49-28-25-39(54(7,8)9)34-45(49)56-44-33-38(53(4,5)6)24-27-48(44)57(50-31-36(2)32-51(58)52(50)56)46-22-15-14-20-41(46)40-19-13-12-18-37(40)3/h12-22,24-35,43H,23H2,1-11H3. The van der Waals surface area contributed by atoms with Gasteiger partial charge in [-0.25, -0.2) is 0 Å². The largest absolute Gasteiger partial charge is 0.311 e. The predicted octanol–water partition coefficient (Wildman–Crippen LogP) is 12.9. The Morgan fingerprint density at radius 1 is 0.638 bits per heavy atom. The minimum atomic E-state index is -0.0155. The SMILES string of the molecule is Cc1cc2c3c(c1)N(c1ccccc1-c1ccccc1C)c1ccc(C(C)(C)C)cc1B3c1cc(C(C)(C)C)ccc1N2C1=CCC(C)C=C1C1C=CC=CC1(C)C. The first-order valence-corrected chi connectivity index (χ1v) is 21.5. The monoisotopic (exact) mass is 758 g/mol. The van der Waals surface area contributed by atoms with Crippen molar-refractivity contribution in [3.63, 3.8) is 0 Å². The molecule has 0 N–H and O–H groups in total. The fourth-order valence-corrected chi connectivity index (χ4v) is 10.1. The highest BCUT2D eigenvalue weighted by Crippen LogP contribution is 2.50. The van der Waals surface area contributed by atoms with Gasteiger partial charge in [0.25, 0.3) is 6.71 Å². The van der Waals surface area contributed by atoms with E-state index in [1.165, 1.54) is 89.5 Å². The molecule has 2 aliphatic carbocycles. The lowest BCUT2D eigenvalue weighted by Crippen LogP contribution is -2.62. The molecule has 2 heterocycles. The zero-order chi connectivity index (χ0) is 40.9. The minimum absolute atomic E-state index is 0.00658. The van der Waals surface area contributed by atoms with Gasteiger partial charge in [0.05, 0.1) is 5.69 Å². The van der Waals surface area contributed by atoms with E-state index in [1.54, 1.807) is 0 Å². The highest BCUT2D eigenvalue weighted by atomic mass is 15.2. The molecule has 2 nitrogen and oxygen atoms in total. The first-order chi connectivity index (χ1) is 27.5. The van der Waals surface area contributed by atoms with Gasteiger partial charge in [0.15, 0.2) is 0 Å². The number of nitrogens with zero attached hydrogens (tertiary/aromatic N) is 2. The summed E-state index contributed by atoms with van der Waals surface area (Å²) < 4.78 is 0. The summed E-state index contributed by atoms with van der Waals surface area (Å²) >= 11 is 0. The van der Waals surface area contributed by atoms with Crippen LogP contribution in [0.4, 0.5) is 28.4 Å². The second-order valence-electron chi connectivity index (χ2n) is 20.2. The van der Waals surface area contributed by atoms with Gasteiger partial charge in [-0.1, -0.05) is 165 Å². The zero-order valence-corrected chi connectivity index (χ0v) is 36.5. The molecule has 0 saturated carbocycles. The van der Waals surface area contributed by atoms with Crippen molar-refractivity contribution < 1.29 is 0 Å². The molecular weight excluding hydrogens is 699 g/mol. The van der Waals surface area contributed by atoms with Gasteiger partial charge in [-0.15, -0.1) is 0 Å². The Balaban J connectivity index is 1.38. The fourth-order valence-electron chi connectivity index (χ4n) is 10.1. The molecule has 0 spiro atoms. The molecule has 5 aromatic rings. The molecule has 3 heteroatoms. The number of aryl methyl sites for hydroxylation is 2. The highest BCUT2D eigenvalue weighted by molar-refractivity contribution is 7.00. The van der Waals surface area contributed by atoms with Gasteiger partial charge in [-0.2, -0.15) is 0 Å². The minimum Gasteiger partial charge on any atom is -0.311 e. The van der Waals surface area contributed by atoms with Crippen LogP contribution in [0.3, 0.4) is 0 Å². The normalized spacial score (nSPS) is 19.3. The molecule has 9 rings (SSSR count). The maximum absolute atomic E-state index is 2.67. The summed E-state index contributed by atoms with van der Waals surface area (Å²) in [6.45, 7) is 25.9. The molecule has 0 aromatic heterocycles. The number of hydrogen-bond acceptors (Lipinski definition) is 2. The number of fused-ring (bicyclic) bond motifs is 4. The third kappa shape index (κ3) is 6.24. The van der Waals surface area contributed by atoms with Crippen molar-refractivity contribution in [2.45, 2.75) is 93.4 Å². The lowest BCUT2D eigenvalue weighted by atomic mass is 9.33. The van der Waals surface area contributed by atoms with E-state index in [4.69, 9.17) is 0 Å². The molecule has 0 radical (unpaired) electrons. The van der Waals surface area contributed by atoms with E-state index in [1.807, 2.05) is 0 Å². The Kier molecular flexibility index (Phi) is 9.01. The average molecular weight is 759 g/mol. The number of allylic oxidation sites excluding steroid dienone is 7. The van der Waals surface area contributed by atoms with E-state index in [0.717, 1.165) is 6.42 Å². The van der Waals surface area contributed by atoms with E-state index in [-0.39, 0.29) is 28.9 Å². The van der Waals surface area contributed by atoms with Crippen molar-refractivity contribution in [2.75, 3.05) is 9.80 Å². The maximum Gasteiger partial charge on any atom is 0.252 e. The van der Waals surface area contributed by atoms with Crippen molar-refractivity contribution in [3.8, 4) is 11.1 Å². The molecule has 4 aliphatic rings. The van der Waals surface area contributed by atoms with Crippen LogP contribution >= 0.6 is 0 Å². The van der Waals surface area contributed by atoms with Crippen molar-refractivity contribution in [1.82, 2.24) is 0 Å². The zero-order valence-electron chi connectivity index (χ0n) is 36.5. The smallest absolute Gasteiger partial charge is 0.252 e. The molecule has 292 valence electrons. The van der Waals surface area contributed by atoms with Gasteiger partial charge in [0.1, 0.15) is 0 Å². The fraction of sp³-hybridized carbons (Fsp3) is 0.309. The van der Waals surface area contributed by atoms with Gasteiger partial charge >= 0.3 is 0 Å². The summed E-state index contributed by atoms with van der Waals surface area (Å²) in [5.41, 5.74) is 21.0. The van der Waals surface area contributed by atoms with Crippen LogP contribution in [0.1, 0.15) is 91.0 Å². The maximum atomic E-state index is 2.67. The van der Waals surface area contributed by atoms with Gasteiger partial charge in [0, 0.05) is 39.9 Å². The number of para-hydroxylation sites is 1. The van der Waals surface area contributed by atoms with Crippen LogP contribution in [-0.2, 0) is 10.8 Å². The Morgan fingerprint density at radius 2 is 1.22 bits per heavy atom. The molecule has 0 fully saturated rings. The van der Waals surface area contributed by atoms with Crippen LogP contribution in [0, 0.1) is 31.1 Å². The van der Waals surface area contributed by atoms with Crippen LogP contribution in [0.2, 0.25) is 0 Å². The summed E-state index contributed by atoms with van der Waals surface area (Å²) in [4.78, 5) is 5.28. The molecule has 5 aromatic carbocycles. The highest BCUT2D eigenvalue weighted by Gasteiger charge is 2.46. The average Bonchev–Trinajstić information content (AvgIpc) is 3.17. The first kappa shape index (κ1) is 38.3. The lowest BCUT2D eigenvalue weighted by molar-refractivity contribution is 0.380. The Bertz CT molecular complexity index is 2600. The molecular formula is C55H59BN2. The van der Waals surface area contributed by atoms with Gasteiger partial charge in [0.2, 0.25) is 0 Å². The van der Waals surface area contributed by atoms with Crippen LogP contribution in [-0.4, -0.2) is 6.71 Å². The van der Waals surface area contributed by atoms with Crippen molar-refractivity contribution in [1.29, 1.82) is 0 Å². The summed E-state index contributed by atoms with van der Waals surface area (Å²) in [6, 6.07) is 37.6. The Morgan fingerprint density at radius 3 is 1.84 bits per heavy atom. The van der Waals surface area contributed by atoms with Gasteiger partial charge in [-0.3, -0.25) is 0 Å². The molecule has 2 unspecified atom stereocenters. The third-order valence-electron chi connectivity index (χ3n) is 13.3. The summed E-state index contributed by atoms with van der Waals surface area (Å²) in [5.74, 6) is 0.728. The summed E-state index contributed by atoms with van der Waals surface area (Å²) in [7, 11) is 0. The van der Waals surface area contributed by atoms with Crippen molar-refractivity contribution in [3.05, 3.63) is 167 Å². The number of hydrogen-bond donors (Lipinski definition) is 0. The van der Waals surface area contributed by atoms with Gasteiger partial charge in [-0.05, 0) is 123 Å². The second-order valence-corrected chi connectivity index (χ2v) is 20.2. The Hall–Kier alpha value is -5.28. The quantitative estimate of drug-likeness (QED) is 0.165. The molecule has 0 bridgehead atoms. The summed E-state index contributed by atoms with van der Waals surface area (Å²) in [5, 5.41) is 0. The van der Waals surface area contributed by atoms with E-state index in [2.05, 4.69) is 219 Å².